The normalized spacial score (nSPS) is 12.7. The summed E-state index contributed by atoms with van der Waals surface area (Å²) in [5.41, 5.74) is 6.35. The van der Waals surface area contributed by atoms with E-state index >= 15 is 0 Å². The van der Waals surface area contributed by atoms with Gasteiger partial charge in [-0.1, -0.05) is 54.6 Å². The maximum atomic E-state index is 12.8. The lowest BCUT2D eigenvalue weighted by Gasteiger charge is -2.13. The Bertz CT molecular complexity index is 1180. The van der Waals surface area contributed by atoms with Crippen LogP contribution in [0.4, 0.5) is 0 Å². The average molecular weight is 308 g/mol. The van der Waals surface area contributed by atoms with Crippen LogP contribution in [0.25, 0.3) is 32.7 Å². The van der Waals surface area contributed by atoms with Crippen LogP contribution in [0.15, 0.2) is 60.7 Å². The first kappa shape index (κ1) is 13.5. The molecule has 0 aromatic heterocycles. The number of benzene rings is 4. The smallest absolute Gasteiger partial charge is 0.194 e. The minimum absolute atomic E-state index is 0.143. The Labute approximate surface area is 140 Å². The van der Waals surface area contributed by atoms with Gasteiger partial charge in [0.25, 0.3) is 0 Å². The molecule has 5 rings (SSSR count). The lowest BCUT2D eigenvalue weighted by Crippen LogP contribution is -1.94. The number of carbonyl (C=O) groups excluding carboxylic acids is 1. The lowest BCUT2D eigenvalue weighted by atomic mass is 9.90. The number of fused-ring (bicyclic) bond motifs is 7. The van der Waals surface area contributed by atoms with Crippen LogP contribution >= 0.6 is 0 Å². The Morgan fingerprint density at radius 2 is 1.33 bits per heavy atom. The van der Waals surface area contributed by atoms with E-state index in [1.165, 1.54) is 32.7 Å². The van der Waals surface area contributed by atoms with Crippen LogP contribution in [-0.2, 0) is 0 Å². The predicted molar refractivity (Wildman–Crippen MR) is 99.8 cm³/mol. The Morgan fingerprint density at radius 1 is 0.625 bits per heavy atom. The number of hydrogen-bond acceptors (Lipinski definition) is 1. The second kappa shape index (κ2) is 4.55. The van der Waals surface area contributed by atoms with Crippen molar-refractivity contribution in [2.45, 2.75) is 13.8 Å². The van der Waals surface area contributed by atoms with Crippen LogP contribution in [0.1, 0.15) is 27.0 Å². The Hall–Kier alpha value is -2.93. The van der Waals surface area contributed by atoms with Crippen LogP contribution in [0.3, 0.4) is 0 Å². The van der Waals surface area contributed by atoms with E-state index < -0.39 is 0 Å². The van der Waals surface area contributed by atoms with Crippen LogP contribution in [0.5, 0.6) is 0 Å². The largest absolute Gasteiger partial charge is 0.289 e. The molecule has 0 unspecified atom stereocenters. The first-order valence-electron chi connectivity index (χ1n) is 8.26. The van der Waals surface area contributed by atoms with Crippen molar-refractivity contribution in [1.82, 2.24) is 0 Å². The second-order valence-electron chi connectivity index (χ2n) is 6.65. The molecule has 1 aliphatic carbocycles. The van der Waals surface area contributed by atoms with Gasteiger partial charge in [0.05, 0.1) is 0 Å². The van der Waals surface area contributed by atoms with Gasteiger partial charge in [-0.05, 0) is 58.1 Å². The van der Waals surface area contributed by atoms with E-state index in [4.69, 9.17) is 0 Å². The molecule has 4 aromatic rings. The minimum Gasteiger partial charge on any atom is -0.289 e. The average Bonchev–Trinajstić information content (AvgIpc) is 2.91. The highest BCUT2D eigenvalue weighted by molar-refractivity contribution is 6.29. The van der Waals surface area contributed by atoms with Gasteiger partial charge in [-0.3, -0.25) is 4.79 Å². The van der Waals surface area contributed by atoms with Gasteiger partial charge in [-0.15, -0.1) is 0 Å². The molecule has 1 aliphatic rings. The summed E-state index contributed by atoms with van der Waals surface area (Å²) in [4.78, 5) is 12.8. The molecular formula is C23H16O. The molecule has 0 radical (unpaired) electrons. The monoisotopic (exact) mass is 308 g/mol. The molecule has 4 aromatic carbocycles. The van der Waals surface area contributed by atoms with Crippen molar-refractivity contribution < 1.29 is 4.79 Å². The fraction of sp³-hybridized carbons (Fsp3) is 0.0870. The third kappa shape index (κ3) is 1.57. The first-order chi connectivity index (χ1) is 11.7. The van der Waals surface area contributed by atoms with Crippen molar-refractivity contribution in [2.75, 3.05) is 0 Å². The highest BCUT2D eigenvalue weighted by atomic mass is 16.1. The molecule has 1 nitrogen and oxygen atoms in total. The molecule has 24 heavy (non-hydrogen) atoms. The summed E-state index contributed by atoms with van der Waals surface area (Å²) in [6.07, 6.45) is 0. The van der Waals surface area contributed by atoms with E-state index in [2.05, 4.69) is 50.2 Å². The second-order valence-corrected chi connectivity index (χ2v) is 6.65. The van der Waals surface area contributed by atoms with Crippen molar-refractivity contribution >= 4 is 27.3 Å². The molecule has 114 valence electrons. The Balaban J connectivity index is 2.10. The summed E-state index contributed by atoms with van der Waals surface area (Å²) >= 11 is 0. The van der Waals surface area contributed by atoms with E-state index in [0.29, 0.717) is 0 Å². The highest BCUT2D eigenvalue weighted by Crippen LogP contribution is 2.44. The lowest BCUT2D eigenvalue weighted by molar-refractivity contribution is 0.104. The molecule has 0 amide bonds. The fourth-order valence-electron chi connectivity index (χ4n) is 4.09. The maximum Gasteiger partial charge on any atom is 0.194 e. The van der Waals surface area contributed by atoms with Gasteiger partial charge in [0.1, 0.15) is 0 Å². The number of hydrogen-bond donors (Lipinski definition) is 0. The van der Waals surface area contributed by atoms with Gasteiger partial charge in [0, 0.05) is 16.7 Å². The minimum atomic E-state index is 0.143. The molecule has 0 fully saturated rings. The molecular weight excluding hydrogens is 292 g/mol. The third-order valence-corrected chi connectivity index (χ3v) is 5.27. The molecule has 0 aliphatic heterocycles. The van der Waals surface area contributed by atoms with Crippen LogP contribution < -0.4 is 0 Å². The molecule has 0 spiro atoms. The van der Waals surface area contributed by atoms with Crippen molar-refractivity contribution in [3.8, 4) is 11.1 Å². The van der Waals surface area contributed by atoms with Gasteiger partial charge in [-0.25, -0.2) is 0 Å². The predicted octanol–water partition coefficient (Wildman–Crippen LogP) is 5.82. The van der Waals surface area contributed by atoms with Crippen molar-refractivity contribution in [3.63, 3.8) is 0 Å². The molecule has 1 heteroatoms. The van der Waals surface area contributed by atoms with Crippen LogP contribution in [0.2, 0.25) is 0 Å². The van der Waals surface area contributed by atoms with Crippen LogP contribution in [-0.4, -0.2) is 5.78 Å². The summed E-state index contributed by atoms with van der Waals surface area (Å²) in [6.45, 7) is 4.30. The third-order valence-electron chi connectivity index (χ3n) is 5.27. The standard InChI is InChI=1S/C23H16O/c1-13-7-8-14(2)20-16(13)11-9-15-10-12-19-22(21(15)20)17-5-3-4-6-18(17)23(19)24/h3-12H,1-2H3. The van der Waals surface area contributed by atoms with Gasteiger partial charge in [0.2, 0.25) is 0 Å². The Kier molecular flexibility index (Phi) is 2.56. The molecule has 0 heterocycles. The van der Waals surface area contributed by atoms with E-state index in [0.717, 1.165) is 22.3 Å². The quantitative estimate of drug-likeness (QED) is 0.329. The van der Waals surface area contributed by atoms with E-state index in [1.54, 1.807) is 0 Å². The van der Waals surface area contributed by atoms with E-state index in [9.17, 15) is 4.79 Å². The Morgan fingerprint density at radius 3 is 2.17 bits per heavy atom. The fourth-order valence-corrected chi connectivity index (χ4v) is 4.09. The van der Waals surface area contributed by atoms with Crippen molar-refractivity contribution in [1.29, 1.82) is 0 Å². The molecule has 0 atom stereocenters. The summed E-state index contributed by atoms with van der Waals surface area (Å²) in [5.74, 6) is 0.143. The SMILES string of the molecule is Cc1ccc(C)c2c1ccc1ccc3c(c12)-c1ccccc1C3=O. The molecule has 0 bridgehead atoms. The van der Waals surface area contributed by atoms with Crippen molar-refractivity contribution in [3.05, 3.63) is 82.9 Å². The van der Waals surface area contributed by atoms with Crippen LogP contribution in [0, 0.1) is 13.8 Å². The zero-order valence-electron chi connectivity index (χ0n) is 13.7. The molecule has 0 saturated heterocycles. The van der Waals surface area contributed by atoms with Gasteiger partial charge in [0.15, 0.2) is 5.78 Å². The number of carbonyl (C=O) groups is 1. The van der Waals surface area contributed by atoms with Gasteiger partial charge in [-0.2, -0.15) is 0 Å². The van der Waals surface area contributed by atoms with E-state index in [-0.39, 0.29) is 5.78 Å². The number of aryl methyl sites for hydroxylation is 2. The maximum absolute atomic E-state index is 12.8. The highest BCUT2D eigenvalue weighted by Gasteiger charge is 2.28. The van der Waals surface area contributed by atoms with Crippen molar-refractivity contribution in [2.24, 2.45) is 0 Å². The zero-order valence-corrected chi connectivity index (χ0v) is 13.7. The topological polar surface area (TPSA) is 17.1 Å². The van der Waals surface area contributed by atoms with Gasteiger partial charge >= 0.3 is 0 Å². The van der Waals surface area contributed by atoms with Gasteiger partial charge < -0.3 is 0 Å². The molecule has 0 saturated carbocycles. The molecule has 0 N–H and O–H groups in total. The number of rotatable bonds is 0. The summed E-state index contributed by atoms with van der Waals surface area (Å²) < 4.78 is 0. The summed E-state index contributed by atoms with van der Waals surface area (Å²) in [5, 5.41) is 4.95. The summed E-state index contributed by atoms with van der Waals surface area (Å²) in [6, 6.07) is 20.8. The zero-order chi connectivity index (χ0) is 16.4. The summed E-state index contributed by atoms with van der Waals surface area (Å²) in [7, 11) is 0. The number of ketones is 1. The first-order valence-corrected chi connectivity index (χ1v) is 8.26. The van der Waals surface area contributed by atoms with E-state index in [1.807, 2.05) is 24.3 Å².